The summed E-state index contributed by atoms with van der Waals surface area (Å²) in [5.74, 6) is 0.0962. The number of phenolic OH excluding ortho intramolecular Hbond substituents is 3. The highest BCUT2D eigenvalue weighted by Gasteiger charge is 2.10. The Labute approximate surface area is 104 Å². The Bertz CT molecular complexity index is 551. The predicted octanol–water partition coefficient (Wildman–Crippen LogP) is 1.39. The monoisotopic (exact) mass is 250 g/mol. The maximum atomic E-state index is 9.59. The van der Waals surface area contributed by atoms with E-state index < -0.39 is 5.75 Å². The van der Waals surface area contributed by atoms with Gasteiger partial charge in [-0.1, -0.05) is 6.07 Å². The van der Waals surface area contributed by atoms with Gasteiger partial charge in [-0.2, -0.15) is 0 Å². The molecule has 0 amide bonds. The van der Waals surface area contributed by atoms with E-state index in [1.165, 1.54) is 12.1 Å². The third-order valence-corrected chi connectivity index (χ3v) is 2.47. The van der Waals surface area contributed by atoms with Crippen molar-refractivity contribution in [3.8, 4) is 17.2 Å². The van der Waals surface area contributed by atoms with Crippen LogP contribution in [0.1, 0.15) is 17.2 Å². The largest absolute Gasteiger partial charge is 0.504 e. The lowest BCUT2D eigenvalue weighted by Crippen LogP contribution is -2.12. The first-order valence-electron chi connectivity index (χ1n) is 5.42. The summed E-state index contributed by atoms with van der Waals surface area (Å²) in [6.07, 6.45) is 1.63. The van der Waals surface area contributed by atoms with E-state index in [1.807, 2.05) is 0 Å². The van der Waals surface area contributed by atoms with Crippen molar-refractivity contribution in [1.82, 2.24) is 10.3 Å². The smallest absolute Gasteiger partial charge is 0.208 e. The van der Waals surface area contributed by atoms with Gasteiger partial charge in [0.05, 0.1) is 12.7 Å². The molecule has 0 radical (unpaired) electrons. The Balaban J connectivity index is 1.96. The molecule has 18 heavy (non-hydrogen) atoms. The molecule has 96 valence electrons. The lowest BCUT2D eigenvalue weighted by Gasteiger charge is -2.07. The second kappa shape index (κ2) is 4.97. The normalized spacial score (nSPS) is 10.7. The molecule has 0 bridgehead atoms. The second-order valence-corrected chi connectivity index (χ2v) is 3.91. The molecule has 0 unspecified atom stereocenters. The molecule has 0 saturated heterocycles. The highest BCUT2D eigenvalue weighted by Crippen LogP contribution is 2.36. The number of hydrogen-bond acceptors (Lipinski definition) is 6. The molecule has 2 aromatic rings. The molecule has 1 aromatic heterocycles. The van der Waals surface area contributed by atoms with Crippen LogP contribution in [-0.4, -0.2) is 20.3 Å². The Kier molecular flexibility index (Phi) is 3.38. The lowest BCUT2D eigenvalue weighted by molar-refractivity contribution is 0.363. The first-order chi connectivity index (χ1) is 8.58. The van der Waals surface area contributed by atoms with Crippen molar-refractivity contribution in [1.29, 1.82) is 0 Å². The predicted molar refractivity (Wildman–Crippen MR) is 63.2 cm³/mol. The summed E-state index contributed by atoms with van der Waals surface area (Å²) < 4.78 is 5.27. The molecule has 2 rings (SSSR count). The minimum Gasteiger partial charge on any atom is -0.504 e. The van der Waals surface area contributed by atoms with Crippen LogP contribution in [0, 0.1) is 6.92 Å². The molecule has 1 aromatic carbocycles. The summed E-state index contributed by atoms with van der Waals surface area (Å²) in [7, 11) is 0. The molecule has 0 aliphatic rings. The van der Waals surface area contributed by atoms with Crippen LogP contribution in [0.5, 0.6) is 17.2 Å². The van der Waals surface area contributed by atoms with E-state index in [9.17, 15) is 15.3 Å². The molecule has 6 heteroatoms. The number of oxazole rings is 1. The zero-order valence-corrected chi connectivity index (χ0v) is 9.84. The topological polar surface area (TPSA) is 98.8 Å². The fraction of sp³-hybridized carbons (Fsp3) is 0.250. The number of aromatic nitrogens is 1. The SMILES string of the molecule is Cc1cnc(CNCc2ccc(O)c(O)c2O)o1. The molecule has 0 atom stereocenters. The zero-order valence-electron chi connectivity index (χ0n) is 9.84. The van der Waals surface area contributed by atoms with Gasteiger partial charge in [0.15, 0.2) is 11.5 Å². The van der Waals surface area contributed by atoms with E-state index in [4.69, 9.17) is 4.42 Å². The number of hydrogen-bond donors (Lipinski definition) is 4. The molecule has 0 spiro atoms. The van der Waals surface area contributed by atoms with Gasteiger partial charge in [-0.15, -0.1) is 0 Å². The van der Waals surface area contributed by atoms with Crippen molar-refractivity contribution in [2.75, 3.05) is 0 Å². The van der Waals surface area contributed by atoms with Gasteiger partial charge in [-0.25, -0.2) is 4.98 Å². The first-order valence-corrected chi connectivity index (χ1v) is 5.42. The third-order valence-electron chi connectivity index (χ3n) is 2.47. The fourth-order valence-corrected chi connectivity index (χ4v) is 1.54. The lowest BCUT2D eigenvalue weighted by atomic mass is 10.1. The van der Waals surface area contributed by atoms with E-state index in [2.05, 4.69) is 10.3 Å². The van der Waals surface area contributed by atoms with Gasteiger partial charge in [0.2, 0.25) is 11.6 Å². The maximum absolute atomic E-state index is 9.59. The molecule has 1 heterocycles. The number of benzene rings is 1. The number of aromatic hydroxyl groups is 3. The standard InChI is InChI=1S/C12H14N2O4/c1-7-4-14-10(18-7)6-13-5-8-2-3-9(15)12(17)11(8)16/h2-4,13,15-17H,5-6H2,1H3. The van der Waals surface area contributed by atoms with Crippen molar-refractivity contribution >= 4 is 0 Å². The number of rotatable bonds is 4. The van der Waals surface area contributed by atoms with Crippen molar-refractivity contribution in [2.24, 2.45) is 0 Å². The van der Waals surface area contributed by atoms with Crippen LogP contribution in [0.4, 0.5) is 0 Å². The summed E-state index contributed by atoms with van der Waals surface area (Å²) in [6, 6.07) is 2.85. The average Bonchev–Trinajstić information content (AvgIpc) is 2.75. The third kappa shape index (κ3) is 2.54. The molecule has 0 aliphatic heterocycles. The van der Waals surface area contributed by atoms with E-state index in [0.717, 1.165) is 5.76 Å². The minimum atomic E-state index is -0.513. The van der Waals surface area contributed by atoms with Crippen LogP contribution in [0.25, 0.3) is 0 Å². The fourth-order valence-electron chi connectivity index (χ4n) is 1.54. The highest BCUT2D eigenvalue weighted by molar-refractivity contribution is 5.52. The van der Waals surface area contributed by atoms with Crippen LogP contribution in [0.15, 0.2) is 22.7 Å². The van der Waals surface area contributed by atoms with Gasteiger partial charge >= 0.3 is 0 Å². The van der Waals surface area contributed by atoms with Gasteiger partial charge in [0, 0.05) is 12.1 Å². The number of nitrogens with one attached hydrogen (secondary N) is 1. The summed E-state index contributed by atoms with van der Waals surface area (Å²) in [6.45, 7) is 2.54. The zero-order chi connectivity index (χ0) is 13.1. The Morgan fingerprint density at radius 2 is 1.94 bits per heavy atom. The number of phenols is 3. The Morgan fingerprint density at radius 1 is 1.17 bits per heavy atom. The van der Waals surface area contributed by atoms with Gasteiger partial charge in [0.25, 0.3) is 0 Å². The van der Waals surface area contributed by atoms with Crippen molar-refractivity contribution in [3.63, 3.8) is 0 Å². The molecular weight excluding hydrogens is 236 g/mol. The van der Waals surface area contributed by atoms with E-state index in [-0.39, 0.29) is 11.5 Å². The van der Waals surface area contributed by atoms with Crippen molar-refractivity contribution < 1.29 is 19.7 Å². The maximum Gasteiger partial charge on any atom is 0.208 e. The quantitative estimate of drug-likeness (QED) is 0.612. The molecule has 6 nitrogen and oxygen atoms in total. The molecular formula is C12H14N2O4. The van der Waals surface area contributed by atoms with Crippen LogP contribution in [0.2, 0.25) is 0 Å². The van der Waals surface area contributed by atoms with E-state index >= 15 is 0 Å². The molecule has 0 aliphatic carbocycles. The highest BCUT2D eigenvalue weighted by atomic mass is 16.4. The van der Waals surface area contributed by atoms with Crippen molar-refractivity contribution in [2.45, 2.75) is 20.0 Å². The molecule has 0 fully saturated rings. The Morgan fingerprint density at radius 3 is 2.61 bits per heavy atom. The van der Waals surface area contributed by atoms with Crippen LogP contribution < -0.4 is 5.32 Å². The Hall–Kier alpha value is -2.21. The molecule has 0 saturated carbocycles. The van der Waals surface area contributed by atoms with Gasteiger partial charge in [-0.3, -0.25) is 0 Å². The first kappa shape index (κ1) is 12.3. The average molecular weight is 250 g/mol. The van der Waals surface area contributed by atoms with E-state index in [0.29, 0.717) is 24.5 Å². The van der Waals surface area contributed by atoms with Crippen LogP contribution in [-0.2, 0) is 13.1 Å². The summed E-state index contributed by atoms with van der Waals surface area (Å²) in [5.41, 5.74) is 0.480. The molecule has 4 N–H and O–H groups in total. The number of aryl methyl sites for hydroxylation is 1. The second-order valence-electron chi connectivity index (χ2n) is 3.91. The number of nitrogens with zero attached hydrogens (tertiary/aromatic N) is 1. The summed E-state index contributed by atoms with van der Waals surface area (Å²) in [4.78, 5) is 4.02. The van der Waals surface area contributed by atoms with Crippen LogP contribution in [0.3, 0.4) is 0 Å². The van der Waals surface area contributed by atoms with Gasteiger partial charge in [0.1, 0.15) is 5.76 Å². The summed E-state index contributed by atoms with van der Waals surface area (Å²) >= 11 is 0. The van der Waals surface area contributed by atoms with Gasteiger partial charge in [-0.05, 0) is 13.0 Å². The van der Waals surface area contributed by atoms with Gasteiger partial charge < -0.3 is 25.1 Å². The van der Waals surface area contributed by atoms with Crippen LogP contribution >= 0.6 is 0 Å². The van der Waals surface area contributed by atoms with Crippen molar-refractivity contribution in [3.05, 3.63) is 35.5 Å². The summed E-state index contributed by atoms with van der Waals surface area (Å²) in [5, 5.41) is 31.1. The van der Waals surface area contributed by atoms with E-state index in [1.54, 1.807) is 13.1 Å². The minimum absolute atomic E-state index is 0.321.